The third kappa shape index (κ3) is 5.05. The first-order valence-corrected chi connectivity index (χ1v) is 13.2. The number of hydrogen-bond donors (Lipinski definition) is 1. The zero-order valence-electron chi connectivity index (χ0n) is 21.6. The van der Waals surface area contributed by atoms with Gasteiger partial charge in [-0.25, -0.2) is 0 Å². The Kier molecular flexibility index (Phi) is 7.12. The number of methoxy groups -OCH3 is 1. The summed E-state index contributed by atoms with van der Waals surface area (Å²) in [4.78, 5) is 4.34. The van der Waals surface area contributed by atoms with E-state index in [0.717, 1.165) is 12.1 Å². The number of halogens is 7. The predicted octanol–water partition coefficient (Wildman–Crippen LogP) is 7.28. The van der Waals surface area contributed by atoms with Crippen molar-refractivity contribution in [3.63, 3.8) is 0 Å². The van der Waals surface area contributed by atoms with E-state index in [0.29, 0.717) is 48.1 Å². The number of ether oxygens (including phenoxy) is 1. The highest BCUT2D eigenvalue weighted by atomic mass is 35.5. The molecular weight excluding hydrogens is 558 g/mol. The molecule has 3 unspecified atom stereocenters. The summed E-state index contributed by atoms with van der Waals surface area (Å²) in [5.74, 6) is 0.598. The van der Waals surface area contributed by atoms with Gasteiger partial charge in [-0.05, 0) is 48.4 Å². The van der Waals surface area contributed by atoms with Gasteiger partial charge in [0, 0.05) is 41.5 Å². The van der Waals surface area contributed by atoms with Crippen LogP contribution in [0.2, 0.25) is 0 Å². The number of fused-ring (bicyclic) bond motifs is 4. The Morgan fingerprint density at radius 3 is 2.35 bits per heavy atom. The van der Waals surface area contributed by atoms with Crippen LogP contribution in [0, 0.1) is 11.8 Å². The zero-order valence-corrected chi connectivity index (χ0v) is 22.3. The summed E-state index contributed by atoms with van der Waals surface area (Å²) in [6.07, 6.45) is -5.55. The fourth-order valence-corrected chi connectivity index (χ4v) is 7.10. The van der Waals surface area contributed by atoms with Crippen LogP contribution < -0.4 is 4.74 Å². The van der Waals surface area contributed by atoms with E-state index in [4.69, 9.17) is 16.3 Å². The van der Waals surface area contributed by atoms with Crippen LogP contribution in [0.25, 0.3) is 10.9 Å². The molecule has 3 aromatic rings. The molecule has 0 aliphatic carbocycles. The van der Waals surface area contributed by atoms with Gasteiger partial charge in [-0.1, -0.05) is 17.7 Å². The SMILES string of the molecule is C=CC1C[N+]2(Cc3cc(C(F)(F)F)cc(C(F)(F)F)c3)CCC1C[C@H]2[C@](O)(Cl)c1ccnc2ccc(OC)cc12. The molecule has 11 heteroatoms. The number of aromatic nitrogens is 1. The minimum absolute atomic E-state index is 0.0135. The summed E-state index contributed by atoms with van der Waals surface area (Å²) >= 11 is 7.05. The topological polar surface area (TPSA) is 42.4 Å². The lowest BCUT2D eigenvalue weighted by Gasteiger charge is -2.59. The molecule has 214 valence electrons. The Morgan fingerprint density at radius 1 is 1.07 bits per heavy atom. The number of nitrogens with zero attached hydrogens (tertiary/aromatic N) is 2. The molecule has 0 amide bonds. The molecule has 4 nitrogen and oxygen atoms in total. The van der Waals surface area contributed by atoms with E-state index in [-0.39, 0.29) is 34.5 Å². The Hall–Kier alpha value is -2.82. The lowest BCUT2D eigenvalue weighted by atomic mass is 9.70. The van der Waals surface area contributed by atoms with Gasteiger partial charge in [0.25, 0.3) is 0 Å². The number of rotatable bonds is 6. The van der Waals surface area contributed by atoms with Crippen LogP contribution in [0.1, 0.15) is 35.1 Å². The molecule has 4 heterocycles. The monoisotopic (exact) mass is 585 g/mol. The fourth-order valence-electron chi connectivity index (χ4n) is 6.63. The van der Waals surface area contributed by atoms with Crippen LogP contribution in [0.4, 0.5) is 26.3 Å². The van der Waals surface area contributed by atoms with Gasteiger partial charge in [0.05, 0.1) is 36.8 Å². The molecular formula is C29H28ClF6N2O2+. The van der Waals surface area contributed by atoms with Crippen molar-refractivity contribution in [2.75, 3.05) is 20.2 Å². The van der Waals surface area contributed by atoms with Crippen LogP contribution in [-0.2, 0) is 24.0 Å². The second kappa shape index (κ2) is 9.92. The van der Waals surface area contributed by atoms with E-state index >= 15 is 0 Å². The number of alkyl halides is 7. The molecule has 40 heavy (non-hydrogen) atoms. The number of piperidine rings is 3. The molecule has 3 saturated heterocycles. The van der Waals surface area contributed by atoms with Crippen LogP contribution in [0.3, 0.4) is 0 Å². The first-order valence-electron chi connectivity index (χ1n) is 12.8. The number of benzene rings is 2. The van der Waals surface area contributed by atoms with Crippen LogP contribution in [0.5, 0.6) is 5.75 Å². The van der Waals surface area contributed by atoms with Crippen molar-refractivity contribution in [3.8, 4) is 5.75 Å². The summed E-state index contributed by atoms with van der Waals surface area (Å²) in [5, 5.41) is 10.6. The highest BCUT2D eigenvalue weighted by molar-refractivity contribution is 6.24. The Bertz CT molecular complexity index is 1410. The van der Waals surface area contributed by atoms with E-state index in [1.165, 1.54) is 13.3 Å². The van der Waals surface area contributed by atoms with Gasteiger partial charge in [-0.3, -0.25) is 4.98 Å². The summed E-state index contributed by atoms with van der Waals surface area (Å²) in [6, 6.07) is 7.65. The van der Waals surface area contributed by atoms with Gasteiger partial charge in [0.2, 0.25) is 5.06 Å². The van der Waals surface area contributed by atoms with Crippen LogP contribution in [0.15, 0.2) is 61.3 Å². The van der Waals surface area contributed by atoms with E-state index in [1.54, 1.807) is 30.3 Å². The Balaban J connectivity index is 1.64. The molecule has 2 bridgehead atoms. The van der Waals surface area contributed by atoms with Crippen molar-refractivity contribution in [2.45, 2.75) is 42.8 Å². The second-order valence-electron chi connectivity index (χ2n) is 10.8. The van der Waals surface area contributed by atoms with Gasteiger partial charge in [0.15, 0.2) is 0 Å². The molecule has 6 rings (SSSR count). The van der Waals surface area contributed by atoms with Crippen molar-refractivity contribution in [3.05, 3.63) is 83.6 Å². The molecule has 3 aliphatic heterocycles. The first kappa shape index (κ1) is 28.7. The Labute approximate surface area is 232 Å². The molecule has 1 aromatic heterocycles. The Morgan fingerprint density at radius 2 is 1.75 bits per heavy atom. The number of pyridine rings is 1. The van der Waals surface area contributed by atoms with Crippen molar-refractivity contribution in [1.29, 1.82) is 0 Å². The standard InChI is InChI=1S/C29H28ClF6N2O2/c1-3-18-16-38(15-17-10-20(28(31,32)33)13-21(11-17)29(34,35)36)9-7-19(18)12-26(38)27(30,39)24-6-8-37-25-5-4-22(40-2)14-23(24)25/h3-6,8,10-11,13-14,18-19,26,39H,1,7,9,12,15-16H2,2H3/q+1/t18?,19?,26-,27-,38?/m0/s1. The van der Waals surface area contributed by atoms with Gasteiger partial charge < -0.3 is 14.3 Å². The lowest BCUT2D eigenvalue weighted by Crippen LogP contribution is -2.70. The van der Waals surface area contributed by atoms with Crippen molar-refractivity contribution in [1.82, 2.24) is 4.98 Å². The lowest BCUT2D eigenvalue weighted by molar-refractivity contribution is -0.986. The molecule has 3 aliphatic rings. The zero-order chi connectivity index (χ0) is 29.1. The molecule has 0 radical (unpaired) electrons. The third-order valence-corrected chi connectivity index (χ3v) is 8.98. The average molecular weight is 586 g/mol. The fraction of sp³-hybridized carbons (Fsp3) is 0.414. The predicted molar refractivity (Wildman–Crippen MR) is 138 cm³/mol. The largest absolute Gasteiger partial charge is 0.497 e. The molecule has 1 N–H and O–H groups in total. The highest BCUT2D eigenvalue weighted by Gasteiger charge is 2.59. The molecule has 0 saturated carbocycles. The van der Waals surface area contributed by atoms with Gasteiger partial charge >= 0.3 is 12.4 Å². The maximum atomic E-state index is 13.7. The normalized spacial score (nSPS) is 26.5. The maximum absolute atomic E-state index is 13.7. The minimum Gasteiger partial charge on any atom is -0.497 e. The second-order valence-corrected chi connectivity index (χ2v) is 11.4. The van der Waals surface area contributed by atoms with E-state index in [2.05, 4.69) is 11.6 Å². The number of hydrogen-bond acceptors (Lipinski definition) is 3. The first-order chi connectivity index (χ1) is 18.7. The third-order valence-electron chi connectivity index (χ3n) is 8.53. The van der Waals surface area contributed by atoms with E-state index in [9.17, 15) is 31.4 Å². The van der Waals surface area contributed by atoms with Crippen LogP contribution >= 0.6 is 11.6 Å². The summed E-state index contributed by atoms with van der Waals surface area (Å²) in [7, 11) is 1.50. The van der Waals surface area contributed by atoms with Gasteiger partial charge in [-0.15, -0.1) is 6.58 Å². The van der Waals surface area contributed by atoms with Crippen molar-refractivity contribution < 1.29 is 40.7 Å². The van der Waals surface area contributed by atoms with Crippen molar-refractivity contribution in [2.24, 2.45) is 11.8 Å². The van der Waals surface area contributed by atoms with E-state index < -0.39 is 34.6 Å². The summed E-state index contributed by atoms with van der Waals surface area (Å²) in [5.41, 5.74) is -1.95. The molecule has 3 fully saturated rings. The average Bonchev–Trinajstić information content (AvgIpc) is 2.91. The molecule has 2 aromatic carbocycles. The summed E-state index contributed by atoms with van der Waals surface area (Å²) < 4.78 is 87.3. The van der Waals surface area contributed by atoms with Gasteiger partial charge in [0.1, 0.15) is 18.3 Å². The summed E-state index contributed by atoms with van der Waals surface area (Å²) in [6.45, 7) is 4.55. The number of aliphatic hydroxyl groups is 1. The molecule has 0 spiro atoms. The quantitative estimate of drug-likeness (QED) is 0.143. The minimum atomic E-state index is -4.96. The van der Waals surface area contributed by atoms with Crippen LogP contribution in [-0.4, -0.2) is 40.8 Å². The smallest absolute Gasteiger partial charge is 0.416 e. The van der Waals surface area contributed by atoms with E-state index in [1.807, 2.05) is 0 Å². The number of quaternary nitrogens is 1. The van der Waals surface area contributed by atoms with Crippen molar-refractivity contribution >= 4 is 22.5 Å². The molecule has 5 atom stereocenters. The maximum Gasteiger partial charge on any atom is 0.416 e. The highest BCUT2D eigenvalue weighted by Crippen LogP contribution is 2.52. The van der Waals surface area contributed by atoms with Gasteiger partial charge in [-0.2, -0.15) is 26.3 Å².